The third kappa shape index (κ3) is 3.00. The van der Waals surface area contributed by atoms with Gasteiger partial charge < -0.3 is 14.2 Å². The molecule has 0 aliphatic carbocycles. The maximum atomic E-state index is 12.4. The van der Waals surface area contributed by atoms with Gasteiger partial charge in [0.1, 0.15) is 6.04 Å². The smallest absolute Gasteiger partial charge is 0.328 e. The number of rotatable bonds is 4. The first kappa shape index (κ1) is 14.6. The van der Waals surface area contributed by atoms with E-state index in [-0.39, 0.29) is 17.6 Å². The number of hydrogen-bond donors (Lipinski definition) is 0. The highest BCUT2D eigenvalue weighted by Crippen LogP contribution is 2.21. The van der Waals surface area contributed by atoms with E-state index in [9.17, 15) is 9.59 Å². The third-order valence-corrected chi connectivity index (χ3v) is 3.37. The van der Waals surface area contributed by atoms with Crippen LogP contribution in [0.3, 0.4) is 0 Å². The summed E-state index contributed by atoms with van der Waals surface area (Å²) in [5, 5.41) is 3.90. The lowest BCUT2D eigenvalue weighted by molar-refractivity contribution is -0.145. The number of nitrogens with zero attached hydrogens (tertiary/aromatic N) is 2. The fourth-order valence-electron chi connectivity index (χ4n) is 2.46. The van der Waals surface area contributed by atoms with Crippen molar-refractivity contribution in [3.63, 3.8) is 0 Å². The first-order chi connectivity index (χ1) is 9.52. The topological polar surface area (TPSA) is 72.6 Å². The molecule has 1 aromatic rings. The molecule has 1 aliphatic rings. The van der Waals surface area contributed by atoms with Crippen LogP contribution in [0.4, 0.5) is 0 Å². The molecule has 0 N–H and O–H groups in total. The van der Waals surface area contributed by atoms with Crippen molar-refractivity contribution in [1.82, 2.24) is 10.1 Å². The van der Waals surface area contributed by atoms with Gasteiger partial charge in [-0.2, -0.15) is 0 Å². The number of carbonyl (C=O) groups is 2. The zero-order chi connectivity index (χ0) is 14.7. The van der Waals surface area contributed by atoms with E-state index in [1.807, 2.05) is 0 Å². The van der Waals surface area contributed by atoms with E-state index in [4.69, 9.17) is 9.26 Å². The summed E-state index contributed by atoms with van der Waals surface area (Å²) in [6.45, 7) is 4.69. The van der Waals surface area contributed by atoms with Crippen LogP contribution < -0.4 is 0 Å². The molecule has 6 heteroatoms. The molecular formula is C14H20N2O4. The molecule has 6 nitrogen and oxygen atoms in total. The molecule has 2 heterocycles. The van der Waals surface area contributed by atoms with Gasteiger partial charge in [0.2, 0.25) is 5.76 Å². The monoisotopic (exact) mass is 280 g/mol. The Morgan fingerprint density at radius 3 is 2.95 bits per heavy atom. The number of ether oxygens (including phenoxy) is 1. The number of likely N-dealkylation sites (tertiary alicyclic amines) is 1. The lowest BCUT2D eigenvalue weighted by Gasteiger charge is -2.20. The molecule has 0 saturated carbocycles. The SMILES string of the molecule is COC(=O)[C@@H]1CCCN1C(=O)c1cc(CC(C)C)no1. The Morgan fingerprint density at radius 2 is 2.30 bits per heavy atom. The molecule has 2 rings (SSSR count). The van der Waals surface area contributed by atoms with Crippen molar-refractivity contribution in [2.24, 2.45) is 5.92 Å². The fraction of sp³-hybridized carbons (Fsp3) is 0.643. The minimum atomic E-state index is -0.508. The molecule has 1 aliphatic heterocycles. The maximum absolute atomic E-state index is 12.4. The van der Waals surface area contributed by atoms with Crippen molar-refractivity contribution < 1.29 is 18.8 Å². The van der Waals surface area contributed by atoms with Gasteiger partial charge >= 0.3 is 5.97 Å². The van der Waals surface area contributed by atoms with Gasteiger partial charge in [0.15, 0.2) is 0 Å². The first-order valence-corrected chi connectivity index (χ1v) is 6.87. The molecule has 0 spiro atoms. The number of hydrogen-bond acceptors (Lipinski definition) is 5. The Hall–Kier alpha value is -1.85. The van der Waals surface area contributed by atoms with Crippen LogP contribution in [0.2, 0.25) is 0 Å². The molecule has 1 atom stereocenters. The highest BCUT2D eigenvalue weighted by Gasteiger charge is 2.36. The molecule has 1 aromatic heterocycles. The van der Waals surface area contributed by atoms with Crippen molar-refractivity contribution >= 4 is 11.9 Å². The van der Waals surface area contributed by atoms with Crippen LogP contribution in [0, 0.1) is 5.92 Å². The predicted octanol–water partition coefficient (Wildman–Crippen LogP) is 1.65. The van der Waals surface area contributed by atoms with E-state index >= 15 is 0 Å². The summed E-state index contributed by atoms with van der Waals surface area (Å²) in [7, 11) is 1.33. The number of esters is 1. The second kappa shape index (κ2) is 6.07. The highest BCUT2D eigenvalue weighted by molar-refractivity contribution is 5.94. The molecule has 110 valence electrons. The fourth-order valence-corrected chi connectivity index (χ4v) is 2.46. The van der Waals surface area contributed by atoms with Crippen LogP contribution in [-0.2, 0) is 16.0 Å². The molecule has 0 aromatic carbocycles. The van der Waals surface area contributed by atoms with Crippen LogP contribution in [0.5, 0.6) is 0 Å². The summed E-state index contributed by atoms with van der Waals surface area (Å²) in [6, 6.07) is 1.15. The van der Waals surface area contributed by atoms with Gasteiger partial charge in [-0.15, -0.1) is 0 Å². The molecule has 0 bridgehead atoms. The van der Waals surface area contributed by atoms with Crippen molar-refractivity contribution in [1.29, 1.82) is 0 Å². The predicted molar refractivity (Wildman–Crippen MR) is 71.1 cm³/mol. The normalized spacial score (nSPS) is 18.6. The second-order valence-corrected chi connectivity index (χ2v) is 5.46. The van der Waals surface area contributed by atoms with Crippen molar-refractivity contribution in [3.05, 3.63) is 17.5 Å². The Bertz CT molecular complexity index is 495. The Balaban J connectivity index is 2.10. The Kier molecular flexibility index (Phi) is 4.42. The van der Waals surface area contributed by atoms with Crippen LogP contribution >= 0.6 is 0 Å². The van der Waals surface area contributed by atoms with Crippen molar-refractivity contribution in [3.8, 4) is 0 Å². The maximum Gasteiger partial charge on any atom is 0.328 e. The van der Waals surface area contributed by atoms with Crippen LogP contribution in [0.25, 0.3) is 0 Å². The Labute approximate surface area is 118 Å². The van der Waals surface area contributed by atoms with Gasteiger partial charge in [0.25, 0.3) is 5.91 Å². The van der Waals surface area contributed by atoms with Gasteiger partial charge in [-0.25, -0.2) is 4.79 Å². The molecule has 1 amide bonds. The summed E-state index contributed by atoms with van der Waals surface area (Å²) in [4.78, 5) is 25.5. The summed E-state index contributed by atoms with van der Waals surface area (Å²) >= 11 is 0. The summed E-state index contributed by atoms with van der Waals surface area (Å²) in [5.41, 5.74) is 0.761. The summed E-state index contributed by atoms with van der Waals surface area (Å²) < 4.78 is 9.84. The van der Waals surface area contributed by atoms with E-state index < -0.39 is 6.04 Å². The number of amides is 1. The van der Waals surface area contributed by atoms with Gasteiger partial charge in [0.05, 0.1) is 12.8 Å². The molecule has 20 heavy (non-hydrogen) atoms. The average molecular weight is 280 g/mol. The Morgan fingerprint density at radius 1 is 1.55 bits per heavy atom. The zero-order valence-corrected chi connectivity index (χ0v) is 12.1. The van der Waals surface area contributed by atoms with Gasteiger partial charge in [0, 0.05) is 12.6 Å². The van der Waals surface area contributed by atoms with Crippen LogP contribution in [0.15, 0.2) is 10.6 Å². The molecular weight excluding hydrogens is 260 g/mol. The summed E-state index contributed by atoms with van der Waals surface area (Å²) in [5.74, 6) is -0.0349. The van der Waals surface area contributed by atoms with E-state index in [0.717, 1.165) is 18.5 Å². The van der Waals surface area contributed by atoms with Crippen LogP contribution in [-0.4, -0.2) is 41.6 Å². The molecule has 1 saturated heterocycles. The van der Waals surface area contributed by atoms with Gasteiger partial charge in [-0.05, 0) is 25.2 Å². The van der Waals surface area contributed by atoms with E-state index in [0.29, 0.717) is 18.9 Å². The van der Waals surface area contributed by atoms with Crippen LogP contribution in [0.1, 0.15) is 42.9 Å². The second-order valence-electron chi connectivity index (χ2n) is 5.46. The van der Waals surface area contributed by atoms with E-state index in [1.165, 1.54) is 12.0 Å². The minimum absolute atomic E-state index is 0.191. The lowest BCUT2D eigenvalue weighted by atomic mass is 10.1. The van der Waals surface area contributed by atoms with E-state index in [2.05, 4.69) is 19.0 Å². The molecule has 0 unspecified atom stereocenters. The van der Waals surface area contributed by atoms with Gasteiger partial charge in [-0.3, -0.25) is 4.79 Å². The molecule has 0 radical (unpaired) electrons. The van der Waals surface area contributed by atoms with Gasteiger partial charge in [-0.1, -0.05) is 19.0 Å². The third-order valence-electron chi connectivity index (χ3n) is 3.37. The standard InChI is InChI=1S/C14H20N2O4/c1-9(2)7-10-8-12(20-15-10)13(17)16-6-4-5-11(16)14(18)19-3/h8-9,11H,4-7H2,1-3H3/t11-/m0/s1. The molecule has 1 fully saturated rings. The van der Waals surface area contributed by atoms with Crippen molar-refractivity contribution in [2.45, 2.75) is 39.2 Å². The lowest BCUT2D eigenvalue weighted by Crippen LogP contribution is -2.40. The highest BCUT2D eigenvalue weighted by atomic mass is 16.5. The minimum Gasteiger partial charge on any atom is -0.467 e. The largest absolute Gasteiger partial charge is 0.467 e. The van der Waals surface area contributed by atoms with Crippen molar-refractivity contribution in [2.75, 3.05) is 13.7 Å². The average Bonchev–Trinajstić information content (AvgIpc) is 3.04. The first-order valence-electron chi connectivity index (χ1n) is 6.87. The van der Waals surface area contributed by atoms with E-state index in [1.54, 1.807) is 6.07 Å². The number of methoxy groups -OCH3 is 1. The quantitative estimate of drug-likeness (QED) is 0.784. The number of carbonyl (C=O) groups excluding carboxylic acids is 2. The zero-order valence-electron chi connectivity index (χ0n) is 12.1. The number of aromatic nitrogens is 1. The summed E-state index contributed by atoms with van der Waals surface area (Å²) in [6.07, 6.45) is 2.18.